The van der Waals surface area contributed by atoms with Gasteiger partial charge >= 0.3 is 0 Å². The van der Waals surface area contributed by atoms with E-state index in [4.69, 9.17) is 9.47 Å². The highest BCUT2D eigenvalue weighted by Gasteiger charge is 2.33. The lowest BCUT2D eigenvalue weighted by Crippen LogP contribution is -2.37. The van der Waals surface area contributed by atoms with Gasteiger partial charge in [0.2, 0.25) is 16.8 Å². The fraction of sp³-hybridized carbons (Fsp3) is 0.273. The van der Waals surface area contributed by atoms with E-state index in [0.717, 1.165) is 23.4 Å². The monoisotopic (exact) mass is 472 g/mol. The molecule has 0 saturated heterocycles. The van der Waals surface area contributed by atoms with Crippen molar-refractivity contribution in [2.75, 3.05) is 13.3 Å². The first-order chi connectivity index (χ1) is 15.8. The van der Waals surface area contributed by atoms with Gasteiger partial charge in [0.1, 0.15) is 5.82 Å². The van der Waals surface area contributed by atoms with Gasteiger partial charge in [-0.05, 0) is 42.0 Å². The van der Waals surface area contributed by atoms with Crippen LogP contribution in [0.1, 0.15) is 27.3 Å². The molecule has 0 saturated carbocycles. The number of nitrogens with zero attached hydrogens (tertiary/aromatic N) is 3. The zero-order chi connectivity index (χ0) is 23.2. The van der Waals surface area contributed by atoms with E-state index in [9.17, 15) is 17.6 Å². The average Bonchev–Trinajstić information content (AvgIpc) is 3.41. The van der Waals surface area contributed by atoms with Crippen molar-refractivity contribution in [3.8, 4) is 11.5 Å². The summed E-state index contributed by atoms with van der Waals surface area (Å²) in [4.78, 5) is 13.0. The maximum Gasteiger partial charge on any atom is 0.272 e. The van der Waals surface area contributed by atoms with Crippen LogP contribution in [0, 0.1) is 5.82 Å². The molecule has 0 bridgehead atoms. The van der Waals surface area contributed by atoms with Crippen molar-refractivity contribution in [3.05, 3.63) is 70.8 Å². The van der Waals surface area contributed by atoms with Gasteiger partial charge in [0.15, 0.2) is 17.2 Å². The molecule has 0 spiro atoms. The number of hydrogen-bond donors (Lipinski definition) is 1. The van der Waals surface area contributed by atoms with Crippen molar-refractivity contribution in [1.29, 1.82) is 0 Å². The van der Waals surface area contributed by atoms with Gasteiger partial charge in [0.25, 0.3) is 5.91 Å². The molecule has 1 N–H and O–H groups in total. The number of halogens is 1. The number of nitrogens with one attached hydrogen (secondary N) is 1. The molecular weight excluding hydrogens is 451 g/mol. The average molecular weight is 472 g/mol. The number of fused-ring (bicyclic) bond motifs is 2. The number of carbonyl (C=O) groups excluding carboxylic acids is 1. The third kappa shape index (κ3) is 3.93. The smallest absolute Gasteiger partial charge is 0.272 e. The molecule has 0 aliphatic carbocycles. The van der Waals surface area contributed by atoms with E-state index in [-0.39, 0.29) is 37.0 Å². The molecule has 1 aromatic heterocycles. The second-order valence-corrected chi connectivity index (χ2v) is 9.75. The van der Waals surface area contributed by atoms with Gasteiger partial charge in [-0.15, -0.1) is 0 Å². The van der Waals surface area contributed by atoms with Crippen LogP contribution in [-0.2, 0) is 36.6 Å². The Balaban J connectivity index is 1.35. The van der Waals surface area contributed by atoms with Gasteiger partial charge in [-0.25, -0.2) is 12.8 Å². The Bertz CT molecular complexity index is 1340. The lowest BCUT2D eigenvalue weighted by Gasteiger charge is -2.26. The van der Waals surface area contributed by atoms with E-state index in [0.29, 0.717) is 23.5 Å². The van der Waals surface area contributed by atoms with E-state index >= 15 is 0 Å². The van der Waals surface area contributed by atoms with Crippen molar-refractivity contribution < 1.29 is 27.1 Å². The summed E-state index contributed by atoms with van der Waals surface area (Å²) in [6.07, 6.45) is 0.411. The van der Waals surface area contributed by atoms with Crippen LogP contribution in [0.3, 0.4) is 0 Å². The maximum atomic E-state index is 13.2. The highest BCUT2D eigenvalue weighted by molar-refractivity contribution is 7.89. The molecule has 33 heavy (non-hydrogen) atoms. The van der Waals surface area contributed by atoms with Gasteiger partial charge in [0.05, 0.1) is 4.90 Å². The molecule has 0 fully saturated rings. The number of ether oxygens (including phenoxy) is 2. The first kappa shape index (κ1) is 21.4. The zero-order valence-corrected chi connectivity index (χ0v) is 18.6. The molecule has 1 amide bonds. The minimum atomic E-state index is -3.84. The third-order valence-corrected chi connectivity index (χ3v) is 7.62. The Morgan fingerprint density at radius 1 is 1.15 bits per heavy atom. The number of carbonyl (C=O) groups is 1. The Hall–Kier alpha value is -3.44. The van der Waals surface area contributed by atoms with Crippen molar-refractivity contribution >= 4 is 15.9 Å². The summed E-state index contributed by atoms with van der Waals surface area (Å²) >= 11 is 0. The quantitative estimate of drug-likeness (QED) is 0.609. The van der Waals surface area contributed by atoms with Crippen molar-refractivity contribution in [3.63, 3.8) is 0 Å². The first-order valence-electron chi connectivity index (χ1n) is 10.3. The number of hydrogen-bond acceptors (Lipinski definition) is 6. The first-order valence-corrected chi connectivity index (χ1v) is 11.7. The second kappa shape index (κ2) is 8.16. The summed E-state index contributed by atoms with van der Waals surface area (Å²) in [5, 5.41) is 7.19. The molecule has 9 nitrogen and oxygen atoms in total. The summed E-state index contributed by atoms with van der Waals surface area (Å²) in [6.45, 7) is 0.668. The molecule has 3 heterocycles. The van der Waals surface area contributed by atoms with Crippen LogP contribution in [0.15, 0.2) is 47.4 Å². The van der Waals surface area contributed by atoms with Crippen LogP contribution in [0.25, 0.3) is 0 Å². The molecule has 11 heteroatoms. The molecule has 0 radical (unpaired) electrons. The van der Waals surface area contributed by atoms with Crippen LogP contribution >= 0.6 is 0 Å². The van der Waals surface area contributed by atoms with Crippen molar-refractivity contribution in [2.45, 2.75) is 24.4 Å². The van der Waals surface area contributed by atoms with Crippen molar-refractivity contribution in [2.24, 2.45) is 7.05 Å². The van der Waals surface area contributed by atoms with E-state index in [2.05, 4.69) is 10.4 Å². The number of sulfonamides is 1. The number of amides is 1. The van der Waals surface area contributed by atoms with Crippen LogP contribution in [0.2, 0.25) is 0 Å². The maximum absolute atomic E-state index is 13.2. The summed E-state index contributed by atoms with van der Waals surface area (Å²) < 4.78 is 52.9. The highest BCUT2D eigenvalue weighted by Crippen LogP contribution is 2.32. The van der Waals surface area contributed by atoms with E-state index < -0.39 is 21.7 Å². The summed E-state index contributed by atoms with van der Waals surface area (Å²) in [6, 6.07) is 10.1. The van der Waals surface area contributed by atoms with Crippen LogP contribution in [-0.4, -0.2) is 41.7 Å². The van der Waals surface area contributed by atoms with E-state index in [1.165, 1.54) is 16.4 Å². The van der Waals surface area contributed by atoms with Crippen LogP contribution < -0.4 is 14.8 Å². The third-order valence-electron chi connectivity index (χ3n) is 5.76. The molecule has 0 atom stereocenters. The molecular formula is C22H21FN4O5S. The van der Waals surface area contributed by atoms with Gasteiger partial charge in [-0.1, -0.05) is 6.07 Å². The predicted octanol–water partition coefficient (Wildman–Crippen LogP) is 1.96. The minimum absolute atomic E-state index is 0.00468. The molecule has 172 valence electrons. The van der Waals surface area contributed by atoms with Crippen molar-refractivity contribution in [1.82, 2.24) is 19.4 Å². The number of aryl methyl sites for hydroxylation is 1. The lowest BCUT2D eigenvalue weighted by molar-refractivity contribution is 0.0943. The molecule has 3 aromatic rings. The van der Waals surface area contributed by atoms with Gasteiger partial charge in [0, 0.05) is 44.4 Å². The van der Waals surface area contributed by atoms with Crippen LogP contribution in [0.5, 0.6) is 11.5 Å². The molecule has 5 rings (SSSR count). The number of rotatable bonds is 5. The Morgan fingerprint density at radius 3 is 2.70 bits per heavy atom. The van der Waals surface area contributed by atoms with E-state index in [1.807, 2.05) is 6.07 Å². The SMILES string of the molecule is Cn1nc(C(=O)NCc2ccc3c(c2)OCO3)c2c1CCN(S(=O)(=O)c1ccc(F)cc1)C2. The minimum Gasteiger partial charge on any atom is -0.454 e. The fourth-order valence-corrected chi connectivity index (χ4v) is 5.44. The Kier molecular flexibility index (Phi) is 5.29. The summed E-state index contributed by atoms with van der Waals surface area (Å²) in [5.74, 6) is 0.374. The zero-order valence-electron chi connectivity index (χ0n) is 17.7. The van der Waals surface area contributed by atoms with Gasteiger partial charge in [-0.3, -0.25) is 9.48 Å². The fourth-order valence-electron chi connectivity index (χ4n) is 4.03. The van der Waals surface area contributed by atoms with E-state index in [1.54, 1.807) is 23.9 Å². The van der Waals surface area contributed by atoms with Gasteiger partial charge in [-0.2, -0.15) is 9.40 Å². The number of benzene rings is 2. The summed E-state index contributed by atoms with van der Waals surface area (Å²) in [7, 11) is -2.11. The largest absolute Gasteiger partial charge is 0.454 e. The lowest BCUT2D eigenvalue weighted by atomic mass is 10.1. The summed E-state index contributed by atoms with van der Waals surface area (Å²) in [5.41, 5.74) is 2.40. The second-order valence-electron chi connectivity index (χ2n) is 7.81. The molecule has 2 aliphatic rings. The van der Waals surface area contributed by atoms with Gasteiger partial charge < -0.3 is 14.8 Å². The van der Waals surface area contributed by atoms with Crippen LogP contribution in [0.4, 0.5) is 4.39 Å². The number of aromatic nitrogens is 2. The normalized spacial score (nSPS) is 15.3. The Morgan fingerprint density at radius 2 is 1.91 bits per heavy atom. The standard InChI is InChI=1S/C22H21FN4O5S/c1-26-18-8-9-27(33(29,30)16-5-3-15(23)4-6-16)12-17(18)21(25-26)22(28)24-11-14-2-7-19-20(10-14)32-13-31-19/h2-7,10H,8-9,11-13H2,1H3,(H,24,28). The molecule has 2 aliphatic heterocycles. The molecule has 2 aromatic carbocycles. The predicted molar refractivity (Wildman–Crippen MR) is 115 cm³/mol. The Labute approximate surface area is 189 Å². The molecule has 0 unspecified atom stereocenters. The topological polar surface area (TPSA) is 103 Å². The highest BCUT2D eigenvalue weighted by atomic mass is 32.2.